The van der Waals surface area contributed by atoms with Gasteiger partial charge in [-0.2, -0.15) is 0 Å². The summed E-state index contributed by atoms with van der Waals surface area (Å²) in [6.45, 7) is 3.93. The van der Waals surface area contributed by atoms with Gasteiger partial charge in [-0.05, 0) is 13.3 Å². The van der Waals surface area contributed by atoms with Crippen molar-refractivity contribution in [3.8, 4) is 0 Å². The number of hydrogen-bond acceptors (Lipinski definition) is 4. The molecule has 4 N–H and O–H groups in total. The summed E-state index contributed by atoms with van der Waals surface area (Å²) in [6.07, 6.45) is 1.55. The van der Waals surface area contributed by atoms with E-state index < -0.39 is 0 Å². The summed E-state index contributed by atoms with van der Waals surface area (Å²) in [5.74, 6) is 1.03. The van der Waals surface area contributed by atoms with Crippen LogP contribution in [0.25, 0.3) is 0 Å². The Hall–Kier alpha value is -1.04. The molecular formula is C8H15N5S. The van der Waals surface area contributed by atoms with Gasteiger partial charge in [-0.3, -0.25) is 10.5 Å². The van der Waals surface area contributed by atoms with Crippen molar-refractivity contribution in [2.75, 3.05) is 0 Å². The second kappa shape index (κ2) is 4.99. The fourth-order valence-corrected chi connectivity index (χ4v) is 2.05. The number of aromatic nitrogens is 3. The molecule has 0 fully saturated rings. The Morgan fingerprint density at radius 1 is 1.71 bits per heavy atom. The molecule has 1 atom stereocenters. The monoisotopic (exact) mass is 213 g/mol. The van der Waals surface area contributed by atoms with Crippen LogP contribution < -0.4 is 5.73 Å². The van der Waals surface area contributed by atoms with E-state index in [0.29, 0.717) is 11.7 Å². The molecule has 1 unspecified atom stereocenters. The lowest BCUT2D eigenvalue weighted by Gasteiger charge is -2.10. The lowest BCUT2D eigenvalue weighted by atomic mass is 10.2. The number of aromatic amines is 1. The first-order chi connectivity index (χ1) is 6.61. The van der Waals surface area contributed by atoms with E-state index in [1.165, 1.54) is 0 Å². The lowest BCUT2D eigenvalue weighted by Crippen LogP contribution is -2.16. The third-order valence-electron chi connectivity index (χ3n) is 1.75. The molecule has 0 radical (unpaired) electrons. The number of thioether (sulfide) groups is 1. The van der Waals surface area contributed by atoms with Crippen molar-refractivity contribution in [3.63, 3.8) is 0 Å². The topological polar surface area (TPSA) is 91.4 Å². The zero-order valence-electron chi connectivity index (χ0n) is 8.37. The van der Waals surface area contributed by atoms with Crippen molar-refractivity contribution >= 4 is 17.6 Å². The summed E-state index contributed by atoms with van der Waals surface area (Å²) in [5, 5.41) is 15.1. The zero-order chi connectivity index (χ0) is 10.6. The fraction of sp³-hybridized carbons (Fsp3) is 0.625. The summed E-state index contributed by atoms with van der Waals surface area (Å²) in [5.41, 5.74) is 5.35. The van der Waals surface area contributed by atoms with Gasteiger partial charge >= 0.3 is 0 Å². The van der Waals surface area contributed by atoms with Crippen LogP contribution in [0.15, 0.2) is 5.16 Å². The smallest absolute Gasteiger partial charge is 0.208 e. The van der Waals surface area contributed by atoms with Crippen LogP contribution in [0, 0.1) is 12.3 Å². The van der Waals surface area contributed by atoms with Gasteiger partial charge in [0.15, 0.2) is 0 Å². The van der Waals surface area contributed by atoms with Gasteiger partial charge in [-0.25, -0.2) is 4.98 Å². The number of rotatable bonds is 5. The standard InChI is InChI=1S/C8H15N5S/c1-3-6(4-7(9)10)14-8-11-5(2)12-13-8/h6H,3-4H2,1-2H3,(H3,9,10)(H,11,12,13). The van der Waals surface area contributed by atoms with E-state index in [-0.39, 0.29) is 5.84 Å². The maximum absolute atomic E-state index is 7.21. The largest absolute Gasteiger partial charge is 0.388 e. The minimum atomic E-state index is 0.219. The van der Waals surface area contributed by atoms with Crippen LogP contribution in [0.5, 0.6) is 0 Å². The summed E-state index contributed by atoms with van der Waals surface area (Å²) in [7, 11) is 0. The van der Waals surface area contributed by atoms with Crippen molar-refractivity contribution in [1.82, 2.24) is 15.2 Å². The zero-order valence-corrected chi connectivity index (χ0v) is 9.19. The van der Waals surface area contributed by atoms with Gasteiger partial charge in [0.05, 0.1) is 5.84 Å². The van der Waals surface area contributed by atoms with Crippen LogP contribution in [0.3, 0.4) is 0 Å². The molecule has 0 aliphatic rings. The average Bonchev–Trinajstić information content (AvgIpc) is 2.49. The quantitative estimate of drug-likeness (QED) is 0.390. The number of nitrogens with one attached hydrogen (secondary N) is 2. The maximum Gasteiger partial charge on any atom is 0.208 e. The van der Waals surface area contributed by atoms with Crippen LogP contribution in [0.1, 0.15) is 25.6 Å². The first kappa shape index (κ1) is 11.0. The lowest BCUT2D eigenvalue weighted by molar-refractivity contribution is 0.839. The highest BCUT2D eigenvalue weighted by Crippen LogP contribution is 2.23. The number of H-pyrrole nitrogens is 1. The highest BCUT2D eigenvalue weighted by atomic mass is 32.2. The molecule has 0 spiro atoms. The van der Waals surface area contributed by atoms with Gasteiger partial charge in [-0.15, -0.1) is 5.10 Å². The Morgan fingerprint density at radius 3 is 2.86 bits per heavy atom. The Morgan fingerprint density at radius 2 is 2.43 bits per heavy atom. The van der Waals surface area contributed by atoms with Crippen LogP contribution in [0.2, 0.25) is 0 Å². The molecule has 1 heterocycles. The first-order valence-electron chi connectivity index (χ1n) is 4.50. The van der Waals surface area contributed by atoms with Gasteiger partial charge < -0.3 is 5.73 Å². The minimum Gasteiger partial charge on any atom is -0.388 e. The van der Waals surface area contributed by atoms with E-state index in [0.717, 1.165) is 17.4 Å². The third kappa shape index (κ3) is 3.37. The molecule has 0 saturated carbocycles. The highest BCUT2D eigenvalue weighted by molar-refractivity contribution is 7.99. The molecule has 78 valence electrons. The Balaban J connectivity index is 2.52. The predicted octanol–water partition coefficient (Wildman–Crippen LogP) is 1.31. The molecule has 0 amide bonds. The Labute approximate surface area is 87.4 Å². The highest BCUT2D eigenvalue weighted by Gasteiger charge is 2.12. The number of nitrogens with two attached hydrogens (primary N) is 1. The van der Waals surface area contributed by atoms with E-state index in [1.807, 2.05) is 6.92 Å². The van der Waals surface area contributed by atoms with Crippen molar-refractivity contribution in [2.24, 2.45) is 5.73 Å². The summed E-state index contributed by atoms with van der Waals surface area (Å²) >= 11 is 1.56. The third-order valence-corrected chi connectivity index (χ3v) is 2.98. The van der Waals surface area contributed by atoms with Gasteiger partial charge in [-0.1, -0.05) is 18.7 Å². The number of nitrogens with zero attached hydrogens (tertiary/aromatic N) is 2. The molecule has 1 aromatic rings. The summed E-state index contributed by atoms with van der Waals surface area (Å²) in [6, 6.07) is 0. The molecule has 5 nitrogen and oxygen atoms in total. The molecular weight excluding hydrogens is 198 g/mol. The van der Waals surface area contributed by atoms with Crippen LogP contribution in [0.4, 0.5) is 0 Å². The van der Waals surface area contributed by atoms with E-state index in [9.17, 15) is 0 Å². The predicted molar refractivity (Wildman–Crippen MR) is 57.6 cm³/mol. The van der Waals surface area contributed by atoms with Crippen LogP contribution >= 0.6 is 11.8 Å². The number of amidine groups is 1. The van der Waals surface area contributed by atoms with Crippen molar-refractivity contribution < 1.29 is 0 Å². The van der Waals surface area contributed by atoms with Gasteiger partial charge in [0, 0.05) is 11.7 Å². The van der Waals surface area contributed by atoms with Gasteiger partial charge in [0.2, 0.25) is 5.16 Å². The Kier molecular flexibility index (Phi) is 3.94. The molecule has 14 heavy (non-hydrogen) atoms. The van der Waals surface area contributed by atoms with Crippen molar-refractivity contribution in [1.29, 1.82) is 5.41 Å². The molecule has 1 aromatic heterocycles. The first-order valence-corrected chi connectivity index (χ1v) is 5.38. The van der Waals surface area contributed by atoms with Gasteiger partial charge in [0.1, 0.15) is 5.82 Å². The molecule has 0 saturated heterocycles. The second-order valence-electron chi connectivity index (χ2n) is 3.08. The maximum atomic E-state index is 7.21. The van der Waals surface area contributed by atoms with E-state index >= 15 is 0 Å². The molecule has 0 aromatic carbocycles. The fourth-order valence-electron chi connectivity index (χ4n) is 1.04. The minimum absolute atomic E-state index is 0.219. The molecule has 0 bridgehead atoms. The van der Waals surface area contributed by atoms with E-state index in [1.54, 1.807) is 11.8 Å². The van der Waals surface area contributed by atoms with Crippen LogP contribution in [-0.2, 0) is 0 Å². The molecule has 0 aliphatic carbocycles. The Bertz CT molecular complexity index is 308. The summed E-state index contributed by atoms with van der Waals surface area (Å²) < 4.78 is 0. The number of aryl methyl sites for hydroxylation is 1. The normalized spacial score (nSPS) is 12.7. The van der Waals surface area contributed by atoms with Crippen LogP contribution in [-0.4, -0.2) is 26.3 Å². The molecule has 6 heteroatoms. The van der Waals surface area contributed by atoms with Crippen molar-refractivity contribution in [2.45, 2.75) is 37.1 Å². The van der Waals surface area contributed by atoms with Gasteiger partial charge in [0.25, 0.3) is 0 Å². The van der Waals surface area contributed by atoms with E-state index in [2.05, 4.69) is 22.1 Å². The molecule has 0 aliphatic heterocycles. The van der Waals surface area contributed by atoms with E-state index in [4.69, 9.17) is 11.1 Å². The van der Waals surface area contributed by atoms with Crippen molar-refractivity contribution in [3.05, 3.63) is 5.82 Å². The number of hydrogen-bond donors (Lipinski definition) is 3. The molecule has 1 rings (SSSR count). The second-order valence-corrected chi connectivity index (χ2v) is 4.35. The summed E-state index contributed by atoms with van der Waals surface area (Å²) in [4.78, 5) is 4.19. The SMILES string of the molecule is CCC(CC(=N)N)Sc1n[nH]c(C)n1. The average molecular weight is 213 g/mol.